The number of hydrogen-bond acceptors (Lipinski definition) is 4. The van der Waals surface area contributed by atoms with E-state index in [0.29, 0.717) is 18.8 Å². The van der Waals surface area contributed by atoms with Gasteiger partial charge in [0.15, 0.2) is 0 Å². The topological polar surface area (TPSA) is 59.1 Å². The van der Waals surface area contributed by atoms with E-state index in [1.165, 1.54) is 11.3 Å². The lowest BCUT2D eigenvalue weighted by Gasteiger charge is -2.03. The molecule has 0 aliphatic heterocycles. The maximum Gasteiger partial charge on any atom is 0.211 e. The quantitative estimate of drug-likeness (QED) is 0.776. The van der Waals surface area contributed by atoms with Crippen LogP contribution in [0.25, 0.3) is 0 Å². The van der Waals surface area contributed by atoms with E-state index in [-0.39, 0.29) is 5.75 Å². The van der Waals surface area contributed by atoms with Crippen LogP contribution in [0.15, 0.2) is 11.7 Å². The molecule has 80 valence electrons. The number of sulfonamides is 1. The van der Waals surface area contributed by atoms with Crippen molar-refractivity contribution in [2.75, 3.05) is 11.6 Å². The van der Waals surface area contributed by atoms with Crippen LogP contribution in [0.5, 0.6) is 0 Å². The Morgan fingerprint density at radius 2 is 2.36 bits per heavy atom. The molecule has 1 aromatic heterocycles. The molecular weight excluding hydrogens is 244 g/mol. The van der Waals surface area contributed by atoms with Gasteiger partial charge in [-0.2, -0.15) is 0 Å². The molecule has 1 N–H and O–H groups in total. The lowest BCUT2D eigenvalue weighted by molar-refractivity contribution is 0.580. The van der Waals surface area contributed by atoms with E-state index < -0.39 is 10.0 Å². The number of thiazole rings is 1. The van der Waals surface area contributed by atoms with E-state index in [1.807, 2.05) is 0 Å². The summed E-state index contributed by atoms with van der Waals surface area (Å²) in [7, 11) is -3.18. The molecule has 1 rings (SSSR count). The summed E-state index contributed by atoms with van der Waals surface area (Å²) in [6, 6.07) is 0. The average Bonchev–Trinajstić information content (AvgIpc) is 2.64. The van der Waals surface area contributed by atoms with E-state index in [2.05, 4.69) is 9.71 Å². The van der Waals surface area contributed by atoms with Crippen LogP contribution >= 0.6 is 22.9 Å². The van der Waals surface area contributed by atoms with Gasteiger partial charge in [0.25, 0.3) is 0 Å². The molecule has 7 heteroatoms. The Morgan fingerprint density at radius 1 is 1.57 bits per heavy atom. The van der Waals surface area contributed by atoms with Crippen LogP contribution in [0, 0.1) is 0 Å². The van der Waals surface area contributed by atoms with Gasteiger partial charge in [-0.05, 0) is 6.42 Å². The van der Waals surface area contributed by atoms with Crippen molar-refractivity contribution in [3.05, 3.63) is 16.6 Å². The second kappa shape index (κ2) is 5.65. The number of rotatable bonds is 6. The number of nitrogens with one attached hydrogen (secondary N) is 1. The molecule has 0 saturated carbocycles. The third-order valence-electron chi connectivity index (χ3n) is 1.50. The molecule has 0 saturated heterocycles. The molecule has 0 atom stereocenters. The molecule has 0 aliphatic rings. The van der Waals surface area contributed by atoms with E-state index in [4.69, 9.17) is 11.6 Å². The lowest BCUT2D eigenvalue weighted by atomic mass is 10.6. The van der Waals surface area contributed by atoms with Crippen molar-refractivity contribution in [1.29, 1.82) is 0 Å². The van der Waals surface area contributed by atoms with Crippen molar-refractivity contribution < 1.29 is 8.42 Å². The third-order valence-corrected chi connectivity index (χ3v) is 3.95. The third kappa shape index (κ3) is 4.36. The summed E-state index contributed by atoms with van der Waals surface area (Å²) in [5.74, 6) is 0.441. The fraction of sp³-hybridized carbons (Fsp3) is 0.571. The highest BCUT2D eigenvalue weighted by Crippen LogP contribution is 2.05. The number of hydrogen-bond donors (Lipinski definition) is 1. The standard InChI is InChI=1S/C7H11ClN2O2S2/c8-2-1-3-14(11,12)10-5-7-4-9-6-13-7/h4,6,10H,1-3,5H2. The number of nitrogens with zero attached hydrogens (tertiary/aromatic N) is 1. The highest BCUT2D eigenvalue weighted by Gasteiger charge is 2.09. The van der Waals surface area contributed by atoms with Gasteiger partial charge in [-0.25, -0.2) is 13.1 Å². The van der Waals surface area contributed by atoms with Crippen molar-refractivity contribution in [3.8, 4) is 0 Å². The molecule has 0 radical (unpaired) electrons. The minimum Gasteiger partial charge on any atom is -0.253 e. The highest BCUT2D eigenvalue weighted by atomic mass is 35.5. The molecule has 1 aromatic rings. The van der Waals surface area contributed by atoms with Crippen LogP contribution in [0.2, 0.25) is 0 Å². The molecular formula is C7H11ClN2O2S2. The first-order valence-corrected chi connectivity index (χ1v) is 7.11. The predicted molar refractivity (Wildman–Crippen MR) is 58.1 cm³/mol. The van der Waals surface area contributed by atoms with Crippen molar-refractivity contribution >= 4 is 33.0 Å². The van der Waals surface area contributed by atoms with E-state index >= 15 is 0 Å². The van der Waals surface area contributed by atoms with Gasteiger partial charge in [0, 0.05) is 23.5 Å². The van der Waals surface area contributed by atoms with Crippen LogP contribution in [-0.2, 0) is 16.6 Å². The smallest absolute Gasteiger partial charge is 0.211 e. The molecule has 14 heavy (non-hydrogen) atoms. The Kier molecular flexibility index (Phi) is 4.80. The SMILES string of the molecule is O=S(=O)(CCCCl)NCc1cncs1. The zero-order valence-corrected chi connectivity index (χ0v) is 9.83. The van der Waals surface area contributed by atoms with E-state index in [1.54, 1.807) is 11.7 Å². The van der Waals surface area contributed by atoms with Gasteiger partial charge in [-0.15, -0.1) is 22.9 Å². The van der Waals surface area contributed by atoms with Gasteiger partial charge < -0.3 is 0 Å². The summed E-state index contributed by atoms with van der Waals surface area (Å²) in [5, 5.41) is 0. The van der Waals surface area contributed by atoms with Gasteiger partial charge >= 0.3 is 0 Å². The molecule has 0 unspecified atom stereocenters. The Labute approximate surface area is 92.4 Å². The first-order valence-electron chi connectivity index (χ1n) is 4.05. The summed E-state index contributed by atoms with van der Waals surface area (Å²) >= 11 is 6.83. The average molecular weight is 255 g/mol. The second-order valence-electron chi connectivity index (χ2n) is 2.65. The Morgan fingerprint density at radius 3 is 2.93 bits per heavy atom. The van der Waals surface area contributed by atoms with Crippen LogP contribution in [0.3, 0.4) is 0 Å². The minimum absolute atomic E-state index is 0.0787. The van der Waals surface area contributed by atoms with Crippen molar-refractivity contribution in [2.24, 2.45) is 0 Å². The second-order valence-corrected chi connectivity index (χ2v) is 5.93. The molecule has 0 bridgehead atoms. The first kappa shape index (κ1) is 11.9. The lowest BCUT2D eigenvalue weighted by Crippen LogP contribution is -2.25. The Hall–Kier alpha value is -0.170. The van der Waals surface area contributed by atoms with Gasteiger partial charge in [-0.1, -0.05) is 0 Å². The fourth-order valence-electron chi connectivity index (χ4n) is 0.827. The predicted octanol–water partition coefficient (Wildman–Crippen LogP) is 1.19. The first-order chi connectivity index (χ1) is 6.64. The summed E-state index contributed by atoms with van der Waals surface area (Å²) < 4.78 is 25.1. The van der Waals surface area contributed by atoms with Crippen LogP contribution in [-0.4, -0.2) is 25.0 Å². The maximum atomic E-state index is 11.3. The Balaban J connectivity index is 2.37. The molecule has 1 heterocycles. The van der Waals surface area contributed by atoms with Crippen LogP contribution in [0.4, 0.5) is 0 Å². The molecule has 0 amide bonds. The van der Waals surface area contributed by atoms with Gasteiger partial charge in [0.05, 0.1) is 11.3 Å². The minimum atomic E-state index is -3.18. The van der Waals surface area contributed by atoms with E-state index in [0.717, 1.165) is 4.88 Å². The van der Waals surface area contributed by atoms with E-state index in [9.17, 15) is 8.42 Å². The molecule has 0 aromatic carbocycles. The normalized spacial score (nSPS) is 11.8. The highest BCUT2D eigenvalue weighted by molar-refractivity contribution is 7.89. The fourth-order valence-corrected chi connectivity index (χ4v) is 2.79. The molecule has 0 spiro atoms. The van der Waals surface area contributed by atoms with Gasteiger partial charge in [-0.3, -0.25) is 4.98 Å². The largest absolute Gasteiger partial charge is 0.253 e. The number of alkyl halides is 1. The molecule has 0 fully saturated rings. The zero-order valence-electron chi connectivity index (χ0n) is 7.44. The van der Waals surface area contributed by atoms with Crippen LogP contribution in [0.1, 0.15) is 11.3 Å². The summed E-state index contributed by atoms with van der Waals surface area (Å²) in [6.45, 7) is 0.315. The zero-order chi connectivity index (χ0) is 10.4. The van der Waals surface area contributed by atoms with Crippen molar-refractivity contribution in [3.63, 3.8) is 0 Å². The van der Waals surface area contributed by atoms with Crippen LogP contribution < -0.4 is 4.72 Å². The summed E-state index contributed by atoms with van der Waals surface area (Å²) in [5.41, 5.74) is 1.67. The maximum absolute atomic E-state index is 11.3. The number of halogens is 1. The number of aromatic nitrogens is 1. The van der Waals surface area contributed by atoms with Gasteiger partial charge in [0.2, 0.25) is 10.0 Å². The van der Waals surface area contributed by atoms with Gasteiger partial charge in [0.1, 0.15) is 0 Å². The molecule has 0 aliphatic carbocycles. The Bertz CT molecular complexity index is 350. The monoisotopic (exact) mass is 254 g/mol. The molecule has 4 nitrogen and oxygen atoms in total. The summed E-state index contributed by atoms with van der Waals surface area (Å²) in [4.78, 5) is 4.75. The van der Waals surface area contributed by atoms with Crippen molar-refractivity contribution in [2.45, 2.75) is 13.0 Å². The summed E-state index contributed by atoms with van der Waals surface area (Å²) in [6.07, 6.45) is 2.12. The van der Waals surface area contributed by atoms with Crippen molar-refractivity contribution in [1.82, 2.24) is 9.71 Å².